The Bertz CT molecular complexity index is 477. The Kier molecular flexibility index (Phi) is 3.62. The molecule has 0 fully saturated rings. The van der Waals surface area contributed by atoms with Crippen LogP contribution in [0.1, 0.15) is 5.56 Å². The van der Waals surface area contributed by atoms with E-state index >= 15 is 0 Å². The van der Waals surface area contributed by atoms with Gasteiger partial charge in [0.05, 0.1) is 13.7 Å². The molecule has 0 saturated heterocycles. The highest BCUT2D eigenvalue weighted by atomic mass is 16.5. The topological polar surface area (TPSA) is 38.7 Å². The van der Waals surface area contributed by atoms with Gasteiger partial charge in [-0.25, -0.2) is 0 Å². The van der Waals surface area contributed by atoms with Crippen molar-refractivity contribution in [3.8, 4) is 17.2 Å². The number of rotatable bonds is 4. The van der Waals surface area contributed by atoms with Crippen LogP contribution in [-0.4, -0.2) is 12.2 Å². The SMILES string of the molecule is COc1cccc(Oc2ccc(CO)cc2)c1. The van der Waals surface area contributed by atoms with Crippen molar-refractivity contribution in [3.05, 3.63) is 54.1 Å². The molecule has 0 heterocycles. The normalized spacial score (nSPS) is 10.0. The lowest BCUT2D eigenvalue weighted by Gasteiger charge is -2.07. The highest BCUT2D eigenvalue weighted by molar-refractivity contribution is 5.37. The number of ether oxygens (including phenoxy) is 2. The molecule has 3 nitrogen and oxygen atoms in total. The summed E-state index contributed by atoms with van der Waals surface area (Å²) in [5.41, 5.74) is 0.864. The molecule has 0 aromatic heterocycles. The summed E-state index contributed by atoms with van der Waals surface area (Å²) in [5.74, 6) is 2.21. The maximum Gasteiger partial charge on any atom is 0.131 e. The molecule has 2 aromatic rings. The smallest absolute Gasteiger partial charge is 0.131 e. The molecule has 0 bridgehead atoms. The van der Waals surface area contributed by atoms with E-state index in [4.69, 9.17) is 14.6 Å². The average Bonchev–Trinajstić information content (AvgIpc) is 2.40. The average molecular weight is 230 g/mol. The molecule has 17 heavy (non-hydrogen) atoms. The van der Waals surface area contributed by atoms with Crippen LogP contribution in [0, 0.1) is 0 Å². The third-order valence-electron chi connectivity index (χ3n) is 2.38. The van der Waals surface area contributed by atoms with Gasteiger partial charge in [-0.2, -0.15) is 0 Å². The van der Waals surface area contributed by atoms with Gasteiger partial charge in [0, 0.05) is 6.07 Å². The molecule has 1 N–H and O–H groups in total. The highest BCUT2D eigenvalue weighted by Crippen LogP contribution is 2.25. The van der Waals surface area contributed by atoms with E-state index in [1.165, 1.54) is 0 Å². The lowest BCUT2D eigenvalue weighted by Crippen LogP contribution is -1.87. The predicted octanol–water partition coefficient (Wildman–Crippen LogP) is 2.98. The molecule has 0 saturated carbocycles. The molecule has 0 unspecified atom stereocenters. The first-order chi connectivity index (χ1) is 8.31. The van der Waals surface area contributed by atoms with E-state index in [1.807, 2.05) is 48.5 Å². The summed E-state index contributed by atoms with van der Waals surface area (Å²) in [6, 6.07) is 14.7. The minimum atomic E-state index is 0.0411. The highest BCUT2D eigenvalue weighted by Gasteiger charge is 1.99. The third kappa shape index (κ3) is 2.98. The molecule has 0 aliphatic rings. The zero-order valence-corrected chi connectivity index (χ0v) is 9.59. The molecular weight excluding hydrogens is 216 g/mol. The summed E-state index contributed by atoms with van der Waals surface area (Å²) < 4.78 is 10.8. The Labute approximate surface area is 100 Å². The number of aliphatic hydroxyl groups excluding tert-OH is 1. The maximum atomic E-state index is 8.93. The van der Waals surface area contributed by atoms with Crippen LogP contribution in [0.15, 0.2) is 48.5 Å². The second-order valence-corrected chi connectivity index (χ2v) is 3.58. The van der Waals surface area contributed by atoms with E-state index in [-0.39, 0.29) is 6.61 Å². The lowest BCUT2D eigenvalue weighted by atomic mass is 10.2. The van der Waals surface area contributed by atoms with Gasteiger partial charge in [0.15, 0.2) is 0 Å². The summed E-state index contributed by atoms with van der Waals surface area (Å²) in [7, 11) is 1.62. The van der Waals surface area contributed by atoms with Gasteiger partial charge in [-0.15, -0.1) is 0 Å². The van der Waals surface area contributed by atoms with Crippen LogP contribution >= 0.6 is 0 Å². The van der Waals surface area contributed by atoms with Gasteiger partial charge < -0.3 is 14.6 Å². The Balaban J connectivity index is 2.13. The second kappa shape index (κ2) is 5.37. The first-order valence-corrected chi connectivity index (χ1v) is 5.33. The summed E-state index contributed by atoms with van der Waals surface area (Å²) in [5, 5.41) is 8.93. The Morgan fingerprint density at radius 1 is 0.941 bits per heavy atom. The van der Waals surface area contributed by atoms with Crippen molar-refractivity contribution < 1.29 is 14.6 Å². The van der Waals surface area contributed by atoms with Crippen LogP contribution in [0.5, 0.6) is 17.2 Å². The molecule has 0 aliphatic carbocycles. The molecule has 2 rings (SSSR count). The van der Waals surface area contributed by atoms with Gasteiger partial charge in [-0.05, 0) is 29.8 Å². The molecule has 3 heteroatoms. The fourth-order valence-corrected chi connectivity index (χ4v) is 1.46. The number of benzene rings is 2. The fourth-order valence-electron chi connectivity index (χ4n) is 1.46. The molecule has 0 aliphatic heterocycles. The van der Waals surface area contributed by atoms with Crippen molar-refractivity contribution in [1.29, 1.82) is 0 Å². The first-order valence-electron chi connectivity index (χ1n) is 5.33. The van der Waals surface area contributed by atoms with Crippen LogP contribution in [0.3, 0.4) is 0 Å². The van der Waals surface area contributed by atoms with Gasteiger partial charge in [0.2, 0.25) is 0 Å². The van der Waals surface area contributed by atoms with Gasteiger partial charge in [0.25, 0.3) is 0 Å². The predicted molar refractivity (Wildman–Crippen MR) is 65.4 cm³/mol. The van der Waals surface area contributed by atoms with Gasteiger partial charge in [0.1, 0.15) is 17.2 Å². The van der Waals surface area contributed by atoms with E-state index in [0.29, 0.717) is 0 Å². The summed E-state index contributed by atoms with van der Waals surface area (Å²) in [6.45, 7) is 0.0411. The molecule has 2 aromatic carbocycles. The number of hydrogen-bond donors (Lipinski definition) is 1. The van der Waals surface area contributed by atoms with Crippen LogP contribution in [0.25, 0.3) is 0 Å². The van der Waals surface area contributed by atoms with E-state index in [9.17, 15) is 0 Å². The molecule has 0 atom stereocenters. The summed E-state index contributed by atoms with van der Waals surface area (Å²) >= 11 is 0. The van der Waals surface area contributed by atoms with Crippen LogP contribution < -0.4 is 9.47 Å². The molecule has 0 amide bonds. The van der Waals surface area contributed by atoms with Gasteiger partial charge in [-0.1, -0.05) is 18.2 Å². The Morgan fingerprint density at radius 3 is 2.29 bits per heavy atom. The van der Waals surface area contributed by atoms with Gasteiger partial charge >= 0.3 is 0 Å². The van der Waals surface area contributed by atoms with Crippen molar-refractivity contribution in [2.45, 2.75) is 6.61 Å². The zero-order valence-electron chi connectivity index (χ0n) is 9.59. The standard InChI is InChI=1S/C14H14O3/c1-16-13-3-2-4-14(9-13)17-12-7-5-11(10-15)6-8-12/h2-9,15H,10H2,1H3. The van der Waals surface area contributed by atoms with E-state index < -0.39 is 0 Å². The molecule has 88 valence electrons. The van der Waals surface area contributed by atoms with E-state index in [0.717, 1.165) is 22.8 Å². The van der Waals surface area contributed by atoms with Crippen LogP contribution in [-0.2, 0) is 6.61 Å². The van der Waals surface area contributed by atoms with Crippen molar-refractivity contribution in [3.63, 3.8) is 0 Å². The largest absolute Gasteiger partial charge is 0.497 e. The molecular formula is C14H14O3. The van der Waals surface area contributed by atoms with Gasteiger partial charge in [-0.3, -0.25) is 0 Å². The maximum absolute atomic E-state index is 8.93. The minimum absolute atomic E-state index is 0.0411. The quantitative estimate of drug-likeness (QED) is 0.877. The summed E-state index contributed by atoms with van der Waals surface area (Å²) in [6.07, 6.45) is 0. The van der Waals surface area contributed by atoms with E-state index in [2.05, 4.69) is 0 Å². The first kappa shape index (κ1) is 11.5. The number of methoxy groups -OCH3 is 1. The van der Waals surface area contributed by atoms with Crippen molar-refractivity contribution in [1.82, 2.24) is 0 Å². The van der Waals surface area contributed by atoms with Crippen molar-refractivity contribution in [2.24, 2.45) is 0 Å². The number of hydrogen-bond acceptors (Lipinski definition) is 3. The Morgan fingerprint density at radius 2 is 1.65 bits per heavy atom. The third-order valence-corrected chi connectivity index (χ3v) is 2.38. The monoisotopic (exact) mass is 230 g/mol. The zero-order chi connectivity index (χ0) is 12.1. The van der Waals surface area contributed by atoms with E-state index in [1.54, 1.807) is 7.11 Å². The van der Waals surface area contributed by atoms with Crippen molar-refractivity contribution >= 4 is 0 Å². The van der Waals surface area contributed by atoms with Crippen LogP contribution in [0.4, 0.5) is 0 Å². The summed E-state index contributed by atoms with van der Waals surface area (Å²) in [4.78, 5) is 0. The minimum Gasteiger partial charge on any atom is -0.497 e. The molecule has 0 radical (unpaired) electrons. The Hall–Kier alpha value is -2.00. The fraction of sp³-hybridized carbons (Fsp3) is 0.143. The lowest BCUT2D eigenvalue weighted by molar-refractivity contribution is 0.281. The molecule has 0 spiro atoms. The number of aliphatic hydroxyl groups is 1. The van der Waals surface area contributed by atoms with Crippen molar-refractivity contribution in [2.75, 3.05) is 7.11 Å². The second-order valence-electron chi connectivity index (χ2n) is 3.58. The van der Waals surface area contributed by atoms with Crippen LogP contribution in [0.2, 0.25) is 0 Å².